The average molecular weight is 352 g/mol. The second-order valence-electron chi connectivity index (χ2n) is 7.63. The molecule has 6 heteroatoms. The van der Waals surface area contributed by atoms with Gasteiger partial charge in [-0.05, 0) is 30.9 Å². The van der Waals surface area contributed by atoms with Crippen LogP contribution in [0.25, 0.3) is 0 Å². The third-order valence-electron chi connectivity index (χ3n) is 5.69. The lowest BCUT2D eigenvalue weighted by atomic mass is 9.78. The number of piperazine rings is 1. The highest BCUT2D eigenvalue weighted by atomic mass is 15.3. The molecular weight excluding hydrogens is 324 g/mol. The molecule has 0 amide bonds. The molecule has 6 nitrogen and oxygen atoms in total. The first-order chi connectivity index (χ1) is 12.6. The Labute approximate surface area is 155 Å². The molecule has 0 spiro atoms. The number of aryl methyl sites for hydroxylation is 1. The molecule has 1 aliphatic carbocycles. The number of rotatable bonds is 4. The second kappa shape index (κ2) is 7.21. The third-order valence-corrected chi connectivity index (χ3v) is 5.69. The van der Waals surface area contributed by atoms with Gasteiger partial charge in [0.2, 0.25) is 5.95 Å². The minimum Gasteiger partial charge on any atom is -0.368 e. The zero-order valence-corrected chi connectivity index (χ0v) is 15.4. The zero-order valence-electron chi connectivity index (χ0n) is 15.4. The molecule has 26 heavy (non-hydrogen) atoms. The lowest BCUT2D eigenvalue weighted by Crippen LogP contribution is -2.46. The van der Waals surface area contributed by atoms with Gasteiger partial charge in [-0.3, -0.25) is 4.90 Å². The maximum absolute atomic E-state index is 5.97. The minimum absolute atomic E-state index is 0.310. The van der Waals surface area contributed by atoms with Gasteiger partial charge < -0.3 is 16.4 Å². The van der Waals surface area contributed by atoms with E-state index >= 15 is 0 Å². The summed E-state index contributed by atoms with van der Waals surface area (Å²) < 4.78 is 0. The summed E-state index contributed by atoms with van der Waals surface area (Å²) in [6.07, 6.45) is 2.00. The number of nitrogens with zero attached hydrogens (tertiary/aromatic N) is 4. The maximum atomic E-state index is 5.97. The van der Waals surface area contributed by atoms with E-state index in [1.54, 1.807) is 0 Å². The van der Waals surface area contributed by atoms with Crippen molar-refractivity contribution in [2.45, 2.75) is 38.3 Å². The number of benzene rings is 1. The molecule has 2 fully saturated rings. The van der Waals surface area contributed by atoms with E-state index in [0.717, 1.165) is 57.1 Å². The summed E-state index contributed by atoms with van der Waals surface area (Å²) in [6.45, 7) is 7.18. The van der Waals surface area contributed by atoms with Crippen LogP contribution in [0.3, 0.4) is 0 Å². The largest absolute Gasteiger partial charge is 0.368 e. The molecule has 4 N–H and O–H groups in total. The molecule has 0 bridgehead atoms. The Balaban J connectivity index is 1.39. The van der Waals surface area contributed by atoms with Crippen LogP contribution >= 0.6 is 0 Å². The smallest absolute Gasteiger partial charge is 0.222 e. The van der Waals surface area contributed by atoms with Crippen molar-refractivity contribution in [3.8, 4) is 0 Å². The summed E-state index contributed by atoms with van der Waals surface area (Å²) in [5.74, 6) is 1.78. The van der Waals surface area contributed by atoms with Crippen LogP contribution in [0.2, 0.25) is 0 Å². The quantitative estimate of drug-likeness (QED) is 0.874. The number of hydrogen-bond donors (Lipinski definition) is 2. The fraction of sp³-hybridized carbons (Fsp3) is 0.500. The molecule has 2 aromatic rings. The average Bonchev–Trinajstić information content (AvgIpc) is 2.61. The predicted molar refractivity (Wildman–Crippen MR) is 105 cm³/mol. The van der Waals surface area contributed by atoms with E-state index in [-0.39, 0.29) is 0 Å². The first kappa shape index (κ1) is 17.2. The molecule has 2 aliphatic rings. The van der Waals surface area contributed by atoms with Gasteiger partial charge in [-0.25, -0.2) is 4.98 Å². The molecule has 138 valence electrons. The molecule has 0 radical (unpaired) electrons. The molecule has 1 saturated heterocycles. The Bertz CT molecular complexity index is 763. The number of aromatic nitrogens is 2. The van der Waals surface area contributed by atoms with Crippen molar-refractivity contribution in [3.63, 3.8) is 0 Å². The Morgan fingerprint density at radius 2 is 1.81 bits per heavy atom. The summed E-state index contributed by atoms with van der Waals surface area (Å²) in [5, 5.41) is 0. The fourth-order valence-electron chi connectivity index (χ4n) is 3.91. The van der Waals surface area contributed by atoms with Crippen LogP contribution in [0.1, 0.15) is 35.6 Å². The first-order valence-electron chi connectivity index (χ1n) is 9.50. The van der Waals surface area contributed by atoms with Crippen molar-refractivity contribution in [1.29, 1.82) is 0 Å². The highest BCUT2D eigenvalue weighted by Gasteiger charge is 2.30. The van der Waals surface area contributed by atoms with Crippen molar-refractivity contribution >= 4 is 11.8 Å². The van der Waals surface area contributed by atoms with Gasteiger partial charge in [-0.1, -0.05) is 24.3 Å². The molecule has 1 saturated carbocycles. The monoisotopic (exact) mass is 352 g/mol. The van der Waals surface area contributed by atoms with E-state index in [1.807, 2.05) is 0 Å². The highest BCUT2D eigenvalue weighted by molar-refractivity contribution is 5.45. The Kier molecular flexibility index (Phi) is 4.78. The standard InChI is InChI=1S/C20H28N6/c1-14-4-2-3-5-15(14)13-25-6-8-26(9-7-25)19-12-18(23-20(22)24-19)16-10-17(21)11-16/h2-5,12,16-17H,6-11,13,21H2,1H3,(H2,22,23,24). The van der Waals surface area contributed by atoms with Crippen molar-refractivity contribution in [2.24, 2.45) is 5.73 Å². The third kappa shape index (κ3) is 3.66. The van der Waals surface area contributed by atoms with Crippen molar-refractivity contribution in [1.82, 2.24) is 14.9 Å². The summed E-state index contributed by atoms with van der Waals surface area (Å²) in [4.78, 5) is 13.8. The van der Waals surface area contributed by atoms with E-state index in [4.69, 9.17) is 11.5 Å². The second-order valence-corrected chi connectivity index (χ2v) is 7.63. The van der Waals surface area contributed by atoms with Crippen LogP contribution in [0, 0.1) is 6.92 Å². The number of anilines is 2. The van der Waals surface area contributed by atoms with Gasteiger partial charge in [0.05, 0.1) is 5.69 Å². The summed E-state index contributed by atoms with van der Waals surface area (Å²) in [6, 6.07) is 11.1. The van der Waals surface area contributed by atoms with Crippen LogP contribution in [0.4, 0.5) is 11.8 Å². The van der Waals surface area contributed by atoms with Gasteiger partial charge in [0.1, 0.15) is 5.82 Å². The van der Waals surface area contributed by atoms with Gasteiger partial charge >= 0.3 is 0 Å². The Hall–Kier alpha value is -2.18. The summed E-state index contributed by atoms with van der Waals surface area (Å²) >= 11 is 0. The Morgan fingerprint density at radius 1 is 1.08 bits per heavy atom. The van der Waals surface area contributed by atoms with Gasteiger partial charge in [0.25, 0.3) is 0 Å². The molecule has 0 atom stereocenters. The molecule has 2 heterocycles. The topological polar surface area (TPSA) is 84.3 Å². The van der Waals surface area contributed by atoms with Crippen LogP contribution in [-0.4, -0.2) is 47.1 Å². The van der Waals surface area contributed by atoms with Crippen LogP contribution in [0.5, 0.6) is 0 Å². The predicted octanol–water partition coefficient (Wildman–Crippen LogP) is 1.89. The van der Waals surface area contributed by atoms with Crippen LogP contribution < -0.4 is 16.4 Å². The summed E-state index contributed by atoms with van der Waals surface area (Å²) in [5.41, 5.74) is 15.7. The lowest BCUT2D eigenvalue weighted by molar-refractivity contribution is 0.249. The molecule has 1 aromatic carbocycles. The fourth-order valence-corrected chi connectivity index (χ4v) is 3.91. The Morgan fingerprint density at radius 3 is 2.50 bits per heavy atom. The minimum atomic E-state index is 0.310. The van der Waals surface area contributed by atoms with Gasteiger partial charge in [-0.2, -0.15) is 4.98 Å². The van der Waals surface area contributed by atoms with Crippen molar-refractivity contribution < 1.29 is 0 Å². The van der Waals surface area contributed by atoms with Gasteiger partial charge in [-0.15, -0.1) is 0 Å². The molecule has 1 aromatic heterocycles. The van der Waals surface area contributed by atoms with E-state index in [9.17, 15) is 0 Å². The number of nitrogens with two attached hydrogens (primary N) is 2. The van der Waals surface area contributed by atoms with Crippen molar-refractivity contribution in [2.75, 3.05) is 36.8 Å². The van der Waals surface area contributed by atoms with Crippen LogP contribution in [-0.2, 0) is 6.54 Å². The molecule has 1 aliphatic heterocycles. The van der Waals surface area contributed by atoms with E-state index in [2.05, 4.69) is 57.0 Å². The molecule has 4 rings (SSSR count). The highest BCUT2D eigenvalue weighted by Crippen LogP contribution is 2.36. The zero-order chi connectivity index (χ0) is 18.1. The molecular formula is C20H28N6. The van der Waals surface area contributed by atoms with Gasteiger partial charge in [0.15, 0.2) is 0 Å². The maximum Gasteiger partial charge on any atom is 0.222 e. The van der Waals surface area contributed by atoms with Crippen LogP contribution in [0.15, 0.2) is 30.3 Å². The number of hydrogen-bond acceptors (Lipinski definition) is 6. The first-order valence-corrected chi connectivity index (χ1v) is 9.50. The van der Waals surface area contributed by atoms with Crippen molar-refractivity contribution in [3.05, 3.63) is 47.2 Å². The molecule has 0 unspecified atom stereocenters. The summed E-state index contributed by atoms with van der Waals surface area (Å²) in [7, 11) is 0. The van der Waals surface area contributed by atoms with E-state index in [1.165, 1.54) is 11.1 Å². The number of nitrogen functional groups attached to an aromatic ring is 1. The van der Waals surface area contributed by atoms with Gasteiger partial charge in [0, 0.05) is 50.7 Å². The van der Waals surface area contributed by atoms with E-state index < -0.39 is 0 Å². The SMILES string of the molecule is Cc1ccccc1CN1CCN(c2cc(C3CC(N)C3)nc(N)n2)CC1. The normalized spacial score (nSPS) is 23.7. The lowest BCUT2D eigenvalue weighted by Gasteiger charge is -2.36. The van der Waals surface area contributed by atoms with E-state index in [0.29, 0.717) is 17.9 Å².